The summed E-state index contributed by atoms with van der Waals surface area (Å²) in [5.74, 6) is -1.12. The number of anilines is 1. The van der Waals surface area contributed by atoms with E-state index >= 15 is 0 Å². The summed E-state index contributed by atoms with van der Waals surface area (Å²) in [5.41, 5.74) is 1.52. The van der Waals surface area contributed by atoms with Crippen LogP contribution in [0.3, 0.4) is 0 Å². The van der Waals surface area contributed by atoms with E-state index in [-0.39, 0.29) is 18.1 Å². The van der Waals surface area contributed by atoms with Crippen LogP contribution in [-0.4, -0.2) is 36.7 Å². The number of carboxylic acids is 1. The average molecular weight is 235 g/mol. The van der Waals surface area contributed by atoms with E-state index in [1.54, 1.807) is 24.0 Å². The fourth-order valence-electron chi connectivity index (χ4n) is 1.80. The molecule has 1 heterocycles. The van der Waals surface area contributed by atoms with E-state index in [9.17, 15) is 9.59 Å². The van der Waals surface area contributed by atoms with Crippen molar-refractivity contribution in [1.82, 2.24) is 0 Å². The van der Waals surface area contributed by atoms with Gasteiger partial charge in [0, 0.05) is 12.2 Å². The lowest BCUT2D eigenvalue weighted by molar-refractivity contribution is -0.125. The molecular formula is C12H13NO4. The highest BCUT2D eigenvalue weighted by molar-refractivity contribution is 5.97. The van der Waals surface area contributed by atoms with Gasteiger partial charge in [0.25, 0.3) is 5.91 Å². The van der Waals surface area contributed by atoms with Crippen molar-refractivity contribution in [2.45, 2.75) is 6.92 Å². The summed E-state index contributed by atoms with van der Waals surface area (Å²) in [6.45, 7) is 2.72. The molecule has 1 aromatic rings. The minimum absolute atomic E-state index is 0.0519. The van der Waals surface area contributed by atoms with Crippen molar-refractivity contribution in [2.24, 2.45) is 0 Å². The van der Waals surface area contributed by atoms with Crippen LogP contribution in [0.5, 0.6) is 0 Å². The summed E-state index contributed by atoms with van der Waals surface area (Å²) in [6.07, 6.45) is 0. The van der Waals surface area contributed by atoms with Gasteiger partial charge in [-0.3, -0.25) is 4.79 Å². The van der Waals surface area contributed by atoms with Gasteiger partial charge < -0.3 is 14.7 Å². The maximum Gasteiger partial charge on any atom is 0.336 e. The van der Waals surface area contributed by atoms with E-state index in [4.69, 9.17) is 9.84 Å². The van der Waals surface area contributed by atoms with Gasteiger partial charge in [-0.15, -0.1) is 0 Å². The first-order valence-corrected chi connectivity index (χ1v) is 5.31. The highest BCUT2D eigenvalue weighted by Crippen LogP contribution is 2.20. The lowest BCUT2D eigenvalue weighted by Crippen LogP contribution is -2.41. The number of nitrogens with zero attached hydrogens (tertiary/aromatic N) is 1. The summed E-state index contributed by atoms with van der Waals surface area (Å²) in [5, 5.41) is 9.03. The molecular weight excluding hydrogens is 222 g/mol. The Morgan fingerprint density at radius 3 is 2.88 bits per heavy atom. The molecule has 5 nitrogen and oxygen atoms in total. The first kappa shape index (κ1) is 11.6. The standard InChI is InChI=1S/C12H13NO4/c1-8-2-3-9(6-10(8)12(15)16)13-4-5-17-7-11(13)14/h2-3,6H,4-5,7H2,1H3,(H,15,16). The minimum atomic E-state index is -0.981. The lowest BCUT2D eigenvalue weighted by atomic mass is 10.1. The normalized spacial score (nSPS) is 16.1. The maximum absolute atomic E-state index is 11.6. The van der Waals surface area contributed by atoms with Crippen LogP contribution in [0.15, 0.2) is 18.2 Å². The fraction of sp³-hybridized carbons (Fsp3) is 0.333. The number of hydrogen-bond acceptors (Lipinski definition) is 3. The molecule has 0 unspecified atom stereocenters. The molecule has 2 rings (SSSR count). The van der Waals surface area contributed by atoms with Crippen molar-refractivity contribution in [3.05, 3.63) is 29.3 Å². The Morgan fingerprint density at radius 2 is 2.24 bits per heavy atom. The van der Waals surface area contributed by atoms with Gasteiger partial charge in [0.15, 0.2) is 0 Å². The topological polar surface area (TPSA) is 66.8 Å². The monoisotopic (exact) mass is 235 g/mol. The van der Waals surface area contributed by atoms with Gasteiger partial charge in [-0.2, -0.15) is 0 Å². The Labute approximate surface area is 98.6 Å². The molecule has 0 radical (unpaired) electrons. The van der Waals surface area contributed by atoms with E-state index in [0.717, 1.165) is 0 Å². The number of rotatable bonds is 2. The van der Waals surface area contributed by atoms with Crippen molar-refractivity contribution >= 4 is 17.6 Å². The average Bonchev–Trinajstić information content (AvgIpc) is 2.30. The number of carboxylic acid groups (broad SMARTS) is 1. The predicted molar refractivity (Wildman–Crippen MR) is 61.3 cm³/mol. The number of carbonyl (C=O) groups excluding carboxylic acids is 1. The Hall–Kier alpha value is -1.88. The molecule has 1 aliphatic heterocycles. The Morgan fingerprint density at radius 1 is 1.47 bits per heavy atom. The van der Waals surface area contributed by atoms with Gasteiger partial charge in [-0.25, -0.2) is 4.79 Å². The molecule has 0 aromatic heterocycles. The maximum atomic E-state index is 11.6. The van der Waals surface area contributed by atoms with Crippen LogP contribution in [0.25, 0.3) is 0 Å². The molecule has 0 saturated carbocycles. The summed E-state index contributed by atoms with van der Waals surface area (Å²) in [6, 6.07) is 4.99. The van der Waals surface area contributed by atoms with Crippen LogP contribution in [0, 0.1) is 6.92 Å². The van der Waals surface area contributed by atoms with Crippen LogP contribution in [-0.2, 0) is 9.53 Å². The van der Waals surface area contributed by atoms with Crippen molar-refractivity contribution in [3.8, 4) is 0 Å². The van der Waals surface area contributed by atoms with Crippen LogP contribution in [0.2, 0.25) is 0 Å². The molecule has 1 saturated heterocycles. The zero-order valence-corrected chi connectivity index (χ0v) is 9.47. The van der Waals surface area contributed by atoms with E-state index in [2.05, 4.69) is 0 Å². The SMILES string of the molecule is Cc1ccc(N2CCOCC2=O)cc1C(=O)O. The van der Waals surface area contributed by atoms with E-state index < -0.39 is 5.97 Å². The number of hydrogen-bond donors (Lipinski definition) is 1. The van der Waals surface area contributed by atoms with Gasteiger partial charge in [-0.1, -0.05) is 6.07 Å². The van der Waals surface area contributed by atoms with Crippen molar-refractivity contribution in [3.63, 3.8) is 0 Å². The van der Waals surface area contributed by atoms with Gasteiger partial charge >= 0.3 is 5.97 Å². The van der Waals surface area contributed by atoms with Gasteiger partial charge in [0.05, 0.1) is 12.2 Å². The second kappa shape index (κ2) is 4.55. The van der Waals surface area contributed by atoms with E-state index in [1.807, 2.05) is 0 Å². The quantitative estimate of drug-likeness (QED) is 0.832. The number of ether oxygens (including phenoxy) is 1. The third kappa shape index (κ3) is 2.29. The second-order valence-electron chi connectivity index (χ2n) is 3.90. The second-order valence-corrected chi connectivity index (χ2v) is 3.90. The fourth-order valence-corrected chi connectivity index (χ4v) is 1.80. The highest BCUT2D eigenvalue weighted by Gasteiger charge is 2.21. The molecule has 0 atom stereocenters. The van der Waals surface area contributed by atoms with Crippen molar-refractivity contribution in [1.29, 1.82) is 0 Å². The number of benzene rings is 1. The van der Waals surface area contributed by atoms with Crippen LogP contribution in [0.4, 0.5) is 5.69 Å². The molecule has 1 N–H and O–H groups in total. The molecule has 0 aliphatic carbocycles. The number of aromatic carboxylic acids is 1. The molecule has 1 aromatic carbocycles. The summed E-state index contributed by atoms with van der Waals surface area (Å²) in [7, 11) is 0. The van der Waals surface area contributed by atoms with Crippen LogP contribution < -0.4 is 4.90 Å². The van der Waals surface area contributed by atoms with Gasteiger partial charge in [0.2, 0.25) is 0 Å². The minimum Gasteiger partial charge on any atom is -0.478 e. The Bertz CT molecular complexity index is 470. The molecule has 1 fully saturated rings. The van der Waals surface area contributed by atoms with Crippen LogP contribution >= 0.6 is 0 Å². The molecule has 1 aliphatic rings. The molecule has 1 amide bonds. The summed E-state index contributed by atoms with van der Waals surface area (Å²) < 4.78 is 5.03. The molecule has 0 bridgehead atoms. The third-order valence-corrected chi connectivity index (χ3v) is 2.75. The zero-order chi connectivity index (χ0) is 12.4. The smallest absolute Gasteiger partial charge is 0.336 e. The number of amides is 1. The number of morpholine rings is 1. The third-order valence-electron chi connectivity index (χ3n) is 2.75. The highest BCUT2D eigenvalue weighted by atomic mass is 16.5. The zero-order valence-electron chi connectivity index (χ0n) is 9.47. The molecule has 17 heavy (non-hydrogen) atoms. The van der Waals surface area contributed by atoms with Gasteiger partial charge in [-0.05, 0) is 24.6 Å². The molecule has 90 valence electrons. The Balaban J connectivity index is 2.35. The summed E-state index contributed by atoms with van der Waals surface area (Å²) >= 11 is 0. The van der Waals surface area contributed by atoms with E-state index in [1.165, 1.54) is 6.07 Å². The van der Waals surface area contributed by atoms with Crippen LogP contribution in [0.1, 0.15) is 15.9 Å². The van der Waals surface area contributed by atoms with Gasteiger partial charge in [0.1, 0.15) is 6.61 Å². The first-order valence-electron chi connectivity index (χ1n) is 5.31. The molecule has 0 spiro atoms. The Kier molecular flexibility index (Phi) is 3.10. The van der Waals surface area contributed by atoms with Crippen molar-refractivity contribution in [2.75, 3.05) is 24.7 Å². The first-order chi connectivity index (χ1) is 8.09. The largest absolute Gasteiger partial charge is 0.478 e. The van der Waals surface area contributed by atoms with Crippen molar-refractivity contribution < 1.29 is 19.4 Å². The predicted octanol–water partition coefficient (Wildman–Crippen LogP) is 1.06. The number of carbonyl (C=O) groups is 2. The van der Waals surface area contributed by atoms with E-state index in [0.29, 0.717) is 24.4 Å². The lowest BCUT2D eigenvalue weighted by Gasteiger charge is -2.27. The molecule has 5 heteroatoms. The number of aryl methyl sites for hydroxylation is 1. The summed E-state index contributed by atoms with van der Waals surface area (Å²) in [4.78, 5) is 24.2.